The Kier molecular flexibility index (Phi) is 7.96. The van der Waals surface area contributed by atoms with Crippen LogP contribution in [0.15, 0.2) is 81.8 Å². The Morgan fingerprint density at radius 2 is 1.84 bits per heavy atom. The number of hydrogen-bond acceptors (Lipinski definition) is 8. The van der Waals surface area contributed by atoms with E-state index in [0.29, 0.717) is 52.4 Å². The Balaban J connectivity index is 1.79. The van der Waals surface area contributed by atoms with Crippen molar-refractivity contribution in [2.24, 2.45) is 4.99 Å². The Morgan fingerprint density at radius 3 is 2.50 bits per heavy atom. The molecule has 0 unspecified atom stereocenters. The minimum Gasteiger partial charge on any atom is -0.506 e. The standard InChI is InChI=1S/C29H29N3O6/c1-6-7-12-19-24(25-22(35-4)14-10-15-23(25)36-5)27(33)26(28(34)31-19)29(30-3)37-17(2)16-20-18-11-8-9-13-21(18)38-32-20/h6,8-11,13-15H,1-2,7,12,16H2,3-5H3,(H2,31,33,34). The Morgan fingerprint density at radius 1 is 1.13 bits per heavy atom. The first-order chi connectivity index (χ1) is 18.4. The van der Waals surface area contributed by atoms with Crippen molar-refractivity contribution in [2.75, 3.05) is 21.3 Å². The number of rotatable bonds is 10. The second kappa shape index (κ2) is 11.5. The lowest BCUT2D eigenvalue weighted by atomic mass is 9.96. The molecule has 2 N–H and O–H groups in total. The molecule has 0 aliphatic heterocycles. The minimum atomic E-state index is -0.570. The molecule has 2 heterocycles. The zero-order valence-corrected chi connectivity index (χ0v) is 21.5. The minimum absolute atomic E-state index is 0.105. The molecule has 2 aromatic carbocycles. The quantitative estimate of drug-likeness (QED) is 0.129. The van der Waals surface area contributed by atoms with Gasteiger partial charge in [0.1, 0.15) is 28.6 Å². The zero-order chi connectivity index (χ0) is 27.2. The molecule has 0 amide bonds. The molecule has 0 aliphatic carbocycles. The number of allylic oxidation sites excluding steroid dienone is 2. The van der Waals surface area contributed by atoms with Crippen molar-refractivity contribution in [3.05, 3.63) is 94.8 Å². The van der Waals surface area contributed by atoms with E-state index >= 15 is 0 Å². The Hall–Kier alpha value is -4.79. The maximum atomic E-state index is 13.3. The molecule has 9 nitrogen and oxygen atoms in total. The van der Waals surface area contributed by atoms with Gasteiger partial charge < -0.3 is 28.8 Å². The molecule has 4 rings (SSSR count). The molecule has 9 heteroatoms. The molecule has 0 bridgehead atoms. The van der Waals surface area contributed by atoms with E-state index in [1.807, 2.05) is 24.3 Å². The molecule has 0 radical (unpaired) electrons. The van der Waals surface area contributed by atoms with Crippen LogP contribution in [0.3, 0.4) is 0 Å². The van der Waals surface area contributed by atoms with E-state index in [-0.39, 0.29) is 29.4 Å². The number of H-pyrrole nitrogens is 1. The van der Waals surface area contributed by atoms with Crippen LogP contribution in [0.4, 0.5) is 0 Å². The number of methoxy groups -OCH3 is 2. The highest BCUT2D eigenvalue weighted by molar-refractivity contribution is 6.00. The summed E-state index contributed by atoms with van der Waals surface area (Å²) in [6, 6.07) is 12.7. The summed E-state index contributed by atoms with van der Waals surface area (Å²) in [4.78, 5) is 20.3. The van der Waals surface area contributed by atoms with Crippen LogP contribution in [-0.4, -0.2) is 42.4 Å². The van der Waals surface area contributed by atoms with Crippen molar-refractivity contribution in [1.82, 2.24) is 10.1 Å². The topological polar surface area (TPSA) is 119 Å². The first kappa shape index (κ1) is 26.3. The van der Waals surface area contributed by atoms with Gasteiger partial charge in [-0.15, -0.1) is 6.58 Å². The lowest BCUT2D eigenvalue weighted by Crippen LogP contribution is -2.23. The van der Waals surface area contributed by atoms with Crippen LogP contribution in [0.2, 0.25) is 0 Å². The average molecular weight is 516 g/mol. The predicted molar refractivity (Wildman–Crippen MR) is 146 cm³/mol. The number of aryl methyl sites for hydroxylation is 1. The molecular weight excluding hydrogens is 486 g/mol. The van der Waals surface area contributed by atoms with Crippen LogP contribution >= 0.6 is 0 Å². The molecule has 4 aromatic rings. The van der Waals surface area contributed by atoms with E-state index in [2.05, 4.69) is 28.3 Å². The fourth-order valence-corrected chi connectivity index (χ4v) is 4.27. The molecule has 196 valence electrons. The highest BCUT2D eigenvalue weighted by Gasteiger charge is 2.27. The molecular formula is C29H29N3O6. The van der Waals surface area contributed by atoms with Crippen LogP contribution in [-0.2, 0) is 17.6 Å². The number of ether oxygens (including phenoxy) is 3. The second-order valence-corrected chi connectivity index (χ2v) is 8.37. The average Bonchev–Trinajstić information content (AvgIpc) is 3.33. The summed E-state index contributed by atoms with van der Waals surface area (Å²) in [5.74, 6) is 0.741. The van der Waals surface area contributed by atoms with E-state index in [4.69, 9.17) is 18.7 Å². The van der Waals surface area contributed by atoms with Gasteiger partial charge in [-0.05, 0) is 37.1 Å². The van der Waals surface area contributed by atoms with Crippen LogP contribution < -0.4 is 15.0 Å². The van der Waals surface area contributed by atoms with Gasteiger partial charge in [-0.25, -0.2) is 0 Å². The fraction of sp³-hybridized carbons (Fsp3) is 0.207. The van der Waals surface area contributed by atoms with Crippen molar-refractivity contribution in [2.45, 2.75) is 19.3 Å². The normalized spacial score (nSPS) is 11.4. The number of nitrogens with one attached hydrogen (secondary N) is 1. The first-order valence-electron chi connectivity index (χ1n) is 11.9. The van der Waals surface area contributed by atoms with Gasteiger partial charge in [-0.3, -0.25) is 9.79 Å². The van der Waals surface area contributed by atoms with E-state index in [9.17, 15) is 9.90 Å². The summed E-state index contributed by atoms with van der Waals surface area (Å²) in [6.07, 6.45) is 2.91. The third-order valence-corrected chi connectivity index (χ3v) is 6.02. The smallest absolute Gasteiger partial charge is 0.264 e. The second-order valence-electron chi connectivity index (χ2n) is 8.37. The maximum Gasteiger partial charge on any atom is 0.264 e. The van der Waals surface area contributed by atoms with E-state index < -0.39 is 5.56 Å². The van der Waals surface area contributed by atoms with Crippen molar-refractivity contribution in [3.8, 4) is 28.4 Å². The highest BCUT2D eigenvalue weighted by atomic mass is 16.5. The first-order valence-corrected chi connectivity index (χ1v) is 11.9. The van der Waals surface area contributed by atoms with Gasteiger partial charge in [0.05, 0.1) is 37.5 Å². The van der Waals surface area contributed by atoms with E-state index in [1.54, 1.807) is 24.3 Å². The zero-order valence-electron chi connectivity index (χ0n) is 21.5. The number of fused-ring (bicyclic) bond motifs is 1. The van der Waals surface area contributed by atoms with E-state index in [0.717, 1.165) is 5.39 Å². The summed E-state index contributed by atoms with van der Waals surface area (Å²) < 4.78 is 22.4. The number of aromatic amines is 1. The highest BCUT2D eigenvalue weighted by Crippen LogP contribution is 2.44. The number of benzene rings is 2. The monoisotopic (exact) mass is 515 g/mol. The molecule has 2 aromatic heterocycles. The third-order valence-electron chi connectivity index (χ3n) is 6.02. The lowest BCUT2D eigenvalue weighted by Gasteiger charge is -2.19. The summed E-state index contributed by atoms with van der Waals surface area (Å²) in [5, 5.41) is 16.5. The van der Waals surface area contributed by atoms with E-state index in [1.165, 1.54) is 21.3 Å². The number of aliphatic imine (C=N–C) groups is 1. The summed E-state index contributed by atoms with van der Waals surface area (Å²) >= 11 is 0. The summed E-state index contributed by atoms with van der Waals surface area (Å²) in [6.45, 7) is 7.74. The number of para-hydroxylation sites is 1. The number of nitrogens with zero attached hydrogens (tertiary/aromatic N) is 2. The third kappa shape index (κ3) is 5.04. The van der Waals surface area contributed by atoms with Crippen LogP contribution in [0.25, 0.3) is 22.1 Å². The largest absolute Gasteiger partial charge is 0.506 e. The van der Waals surface area contributed by atoms with Gasteiger partial charge in [-0.1, -0.05) is 36.0 Å². The van der Waals surface area contributed by atoms with Crippen LogP contribution in [0.5, 0.6) is 17.2 Å². The number of aromatic hydroxyl groups is 1. The Bertz CT molecular complexity index is 1560. The van der Waals surface area contributed by atoms with Crippen molar-refractivity contribution in [1.29, 1.82) is 0 Å². The van der Waals surface area contributed by atoms with Crippen LogP contribution in [0.1, 0.15) is 23.4 Å². The summed E-state index contributed by atoms with van der Waals surface area (Å²) in [5.41, 5.74) is 1.85. The van der Waals surface area contributed by atoms with Crippen LogP contribution in [0, 0.1) is 0 Å². The molecule has 0 spiro atoms. The van der Waals surface area contributed by atoms with Crippen molar-refractivity contribution >= 4 is 16.9 Å². The number of pyridine rings is 1. The molecule has 0 fully saturated rings. The number of hydrogen-bond donors (Lipinski definition) is 2. The number of aromatic nitrogens is 2. The predicted octanol–water partition coefficient (Wildman–Crippen LogP) is 5.17. The van der Waals surface area contributed by atoms with Gasteiger partial charge in [0.25, 0.3) is 5.56 Å². The van der Waals surface area contributed by atoms with Gasteiger partial charge >= 0.3 is 0 Å². The molecule has 38 heavy (non-hydrogen) atoms. The van der Waals surface area contributed by atoms with Gasteiger partial charge in [0, 0.05) is 18.1 Å². The molecule has 0 saturated heterocycles. The van der Waals surface area contributed by atoms with Crippen molar-refractivity contribution < 1.29 is 23.8 Å². The molecule has 0 saturated carbocycles. The fourth-order valence-electron chi connectivity index (χ4n) is 4.27. The SMILES string of the molecule is C=CCCc1[nH]c(=O)c(C(=NC)OC(=C)Cc2noc3ccccc23)c(O)c1-c1c(OC)cccc1OC. The maximum absolute atomic E-state index is 13.3. The van der Waals surface area contributed by atoms with Crippen molar-refractivity contribution in [3.63, 3.8) is 0 Å². The van der Waals surface area contributed by atoms with Gasteiger partial charge in [0.2, 0.25) is 5.90 Å². The Labute approximate surface area is 219 Å². The molecule has 0 aliphatic rings. The lowest BCUT2D eigenvalue weighted by molar-refractivity contribution is 0.390. The van der Waals surface area contributed by atoms with Gasteiger partial charge in [0.15, 0.2) is 5.58 Å². The summed E-state index contributed by atoms with van der Waals surface area (Å²) in [7, 11) is 4.50. The van der Waals surface area contributed by atoms with Gasteiger partial charge in [-0.2, -0.15) is 0 Å². The molecule has 0 atom stereocenters.